The molecule has 6 atom stereocenters. The van der Waals surface area contributed by atoms with E-state index < -0.39 is 89.6 Å². The van der Waals surface area contributed by atoms with Crippen molar-refractivity contribution < 1.29 is 38.7 Å². The number of carbonyl (C=O) groups is 7. The zero-order valence-corrected chi connectivity index (χ0v) is 31.0. The van der Waals surface area contributed by atoms with Crippen molar-refractivity contribution in [1.29, 1.82) is 0 Å². The van der Waals surface area contributed by atoms with Crippen LogP contribution in [0.15, 0.2) is 35.7 Å². The topological polar surface area (TPSA) is 255 Å². The third-order valence-corrected chi connectivity index (χ3v) is 10.8. The Morgan fingerprint density at radius 1 is 0.942 bits per heavy atom. The van der Waals surface area contributed by atoms with Crippen molar-refractivity contribution in [2.24, 2.45) is 16.9 Å². The van der Waals surface area contributed by atoms with E-state index in [4.69, 9.17) is 11.5 Å². The van der Waals surface area contributed by atoms with Crippen LogP contribution in [0.2, 0.25) is 0 Å². The first-order valence-electron chi connectivity index (χ1n) is 16.7. The van der Waals surface area contributed by atoms with Crippen LogP contribution in [0.25, 0.3) is 10.4 Å². The number of rotatable bonds is 4. The number of amides is 7. The van der Waals surface area contributed by atoms with Crippen molar-refractivity contribution in [2.75, 3.05) is 31.1 Å². The normalized spacial score (nSPS) is 26.2. The average Bonchev–Trinajstić information content (AvgIpc) is 3.70. The molecule has 7 amide bonds. The molecule has 2 fully saturated rings. The molecule has 2 aliphatic heterocycles. The summed E-state index contributed by atoms with van der Waals surface area (Å²) in [5.41, 5.74) is 12.7. The summed E-state index contributed by atoms with van der Waals surface area (Å²) in [6, 6.07) is 2.72. The van der Waals surface area contributed by atoms with Gasteiger partial charge in [-0.05, 0) is 40.5 Å². The van der Waals surface area contributed by atoms with Gasteiger partial charge >= 0.3 is 0 Å². The first-order valence-corrected chi connectivity index (χ1v) is 18.7. The number of carbonyl (C=O) groups excluding carboxylic acids is 7. The summed E-state index contributed by atoms with van der Waals surface area (Å²) in [7, 11) is 0. The van der Waals surface area contributed by atoms with Gasteiger partial charge in [-0.15, -0.1) is 23.1 Å². The summed E-state index contributed by atoms with van der Waals surface area (Å²) in [5.74, 6) is -5.50. The SMILES string of the molecule is Cc1ccsc1-c1ccc([C@H]2NC(=O)[C@@H]3C[C@H](O)CN3C(=O)[C@H](C(C)(C)C)NC(=O)CSC[C@H](C(N)=O)NC(=O)[C@@H](CN)NC(=O)CNC2=O)cc1. The largest absolute Gasteiger partial charge is 0.391 e. The second-order valence-electron chi connectivity index (χ2n) is 13.8. The molecule has 0 spiro atoms. The fraction of sp³-hybridized carbons (Fsp3) is 0.500. The molecule has 3 heterocycles. The van der Waals surface area contributed by atoms with E-state index in [1.165, 1.54) is 4.90 Å². The van der Waals surface area contributed by atoms with Gasteiger partial charge in [-0.2, -0.15) is 0 Å². The average molecular weight is 759 g/mol. The number of nitrogens with zero attached hydrogens (tertiary/aromatic N) is 1. The second-order valence-corrected chi connectivity index (χ2v) is 15.8. The van der Waals surface area contributed by atoms with Gasteiger partial charge in [0.25, 0.3) is 0 Å². The molecule has 4 rings (SSSR count). The molecule has 0 radical (unpaired) electrons. The van der Waals surface area contributed by atoms with Crippen molar-refractivity contribution in [1.82, 2.24) is 31.5 Å². The van der Waals surface area contributed by atoms with Gasteiger partial charge in [0.1, 0.15) is 30.2 Å². The maximum atomic E-state index is 14.1. The molecule has 0 bridgehead atoms. The minimum atomic E-state index is -1.34. The predicted molar refractivity (Wildman–Crippen MR) is 195 cm³/mol. The molecule has 0 saturated carbocycles. The van der Waals surface area contributed by atoms with Crippen LogP contribution in [0, 0.1) is 12.3 Å². The summed E-state index contributed by atoms with van der Waals surface area (Å²) in [5, 5.41) is 25.4. The van der Waals surface area contributed by atoms with Crippen LogP contribution in [0.1, 0.15) is 44.4 Å². The molecule has 18 heteroatoms. The molecule has 0 aliphatic carbocycles. The van der Waals surface area contributed by atoms with Crippen LogP contribution < -0.4 is 38.1 Å². The number of benzene rings is 1. The molecule has 2 aliphatic rings. The van der Waals surface area contributed by atoms with Gasteiger partial charge in [0, 0.05) is 30.1 Å². The third kappa shape index (κ3) is 10.1. The zero-order valence-electron chi connectivity index (χ0n) is 29.4. The quantitative estimate of drug-likeness (QED) is 0.182. The van der Waals surface area contributed by atoms with E-state index in [1.807, 2.05) is 18.4 Å². The molecular weight excluding hydrogens is 713 g/mol. The number of thiophene rings is 1. The summed E-state index contributed by atoms with van der Waals surface area (Å²) in [6.45, 7) is 6.02. The monoisotopic (exact) mass is 758 g/mol. The first kappa shape index (κ1) is 40.3. The van der Waals surface area contributed by atoms with Crippen LogP contribution in [-0.2, 0) is 33.6 Å². The van der Waals surface area contributed by atoms with E-state index in [0.717, 1.165) is 27.8 Å². The minimum Gasteiger partial charge on any atom is -0.391 e. The standard InChI is InChI=1S/C34H46N8O8S2/c1-17-9-10-52-27(17)19-7-5-18(6-8-19)26-32(49)37-13-24(44)38-21(12-35)30(47)39-22(29(36)46)15-51-16-25(45)40-28(34(2,3)4)33(50)42-14-20(43)11-23(42)31(48)41-26/h5-10,20-23,26,28,43H,11-16,35H2,1-4H3,(H2,36,46)(H,37,49)(H,38,44)(H,39,47)(H,40,45)(H,41,48)/t20-,21+,22+,23-,26+,28+/m0/s1. The zero-order chi connectivity index (χ0) is 38.3. The number of nitrogens with one attached hydrogen (secondary N) is 5. The van der Waals surface area contributed by atoms with Crippen LogP contribution >= 0.6 is 23.1 Å². The highest BCUT2D eigenvalue weighted by atomic mass is 32.2. The molecule has 1 aromatic heterocycles. The number of nitrogens with two attached hydrogens (primary N) is 2. The summed E-state index contributed by atoms with van der Waals surface area (Å²) < 4.78 is 0. The lowest BCUT2D eigenvalue weighted by atomic mass is 9.85. The van der Waals surface area contributed by atoms with Gasteiger partial charge in [0.2, 0.25) is 41.4 Å². The van der Waals surface area contributed by atoms with Crippen molar-refractivity contribution in [3.8, 4) is 10.4 Å². The van der Waals surface area contributed by atoms with Crippen LogP contribution in [0.4, 0.5) is 0 Å². The molecular formula is C34H46N8O8S2. The van der Waals surface area contributed by atoms with E-state index in [1.54, 1.807) is 56.4 Å². The van der Waals surface area contributed by atoms with Crippen molar-refractivity contribution in [3.63, 3.8) is 0 Å². The predicted octanol–water partition coefficient (Wildman–Crippen LogP) is -1.35. The fourth-order valence-corrected chi connectivity index (χ4v) is 7.64. The summed E-state index contributed by atoms with van der Waals surface area (Å²) in [6.07, 6.45) is -1.18. The Hall–Kier alpha value is -4.52. The molecule has 52 heavy (non-hydrogen) atoms. The molecule has 2 aromatic rings. The van der Waals surface area contributed by atoms with Gasteiger partial charge in [-0.25, -0.2) is 0 Å². The van der Waals surface area contributed by atoms with Crippen LogP contribution in [-0.4, -0.2) is 113 Å². The van der Waals surface area contributed by atoms with Crippen molar-refractivity contribution in [2.45, 2.75) is 70.4 Å². The van der Waals surface area contributed by atoms with Gasteiger partial charge in [0.15, 0.2) is 0 Å². The lowest BCUT2D eigenvalue weighted by Gasteiger charge is -2.35. The molecule has 1 aromatic carbocycles. The lowest BCUT2D eigenvalue weighted by molar-refractivity contribution is -0.144. The number of fused-ring (bicyclic) bond motifs is 1. The number of aryl methyl sites for hydroxylation is 1. The Labute approximate surface area is 309 Å². The van der Waals surface area contributed by atoms with Crippen LogP contribution in [0.5, 0.6) is 0 Å². The maximum Gasteiger partial charge on any atom is 0.247 e. The van der Waals surface area contributed by atoms with E-state index in [-0.39, 0.29) is 31.0 Å². The highest BCUT2D eigenvalue weighted by molar-refractivity contribution is 8.00. The molecule has 2 saturated heterocycles. The highest BCUT2D eigenvalue weighted by Crippen LogP contribution is 2.31. The number of thioether (sulfide) groups is 1. The highest BCUT2D eigenvalue weighted by Gasteiger charge is 2.45. The van der Waals surface area contributed by atoms with Gasteiger partial charge in [-0.1, -0.05) is 45.0 Å². The Bertz CT molecular complexity index is 1680. The Balaban J connectivity index is 1.69. The third-order valence-electron chi connectivity index (χ3n) is 8.69. The van der Waals surface area contributed by atoms with Crippen molar-refractivity contribution >= 4 is 64.4 Å². The van der Waals surface area contributed by atoms with Crippen LogP contribution in [0.3, 0.4) is 0 Å². The summed E-state index contributed by atoms with van der Waals surface area (Å²) >= 11 is 2.52. The van der Waals surface area contributed by atoms with Crippen molar-refractivity contribution in [3.05, 3.63) is 46.8 Å². The number of hydrogen-bond donors (Lipinski definition) is 8. The Morgan fingerprint density at radius 3 is 2.23 bits per heavy atom. The number of primary amides is 1. The maximum absolute atomic E-state index is 14.1. The van der Waals surface area contributed by atoms with Gasteiger partial charge in [0.05, 0.1) is 18.4 Å². The second kappa shape index (κ2) is 17.3. The lowest BCUT2D eigenvalue weighted by Crippen LogP contribution is -2.58. The molecule has 10 N–H and O–H groups in total. The van der Waals surface area contributed by atoms with E-state index >= 15 is 0 Å². The smallest absolute Gasteiger partial charge is 0.247 e. The van der Waals surface area contributed by atoms with Gasteiger partial charge in [-0.3, -0.25) is 33.6 Å². The summed E-state index contributed by atoms with van der Waals surface area (Å²) in [4.78, 5) is 95.1. The Morgan fingerprint density at radius 2 is 1.63 bits per heavy atom. The molecule has 0 unspecified atom stereocenters. The van der Waals surface area contributed by atoms with Gasteiger partial charge < -0.3 is 48.1 Å². The first-order chi connectivity index (χ1) is 24.5. The molecule has 16 nitrogen and oxygen atoms in total. The minimum absolute atomic E-state index is 0.111. The molecule has 282 valence electrons. The van der Waals surface area contributed by atoms with E-state index in [0.29, 0.717) is 5.56 Å². The van der Waals surface area contributed by atoms with E-state index in [2.05, 4.69) is 26.6 Å². The fourth-order valence-electron chi connectivity index (χ4n) is 5.84. The van der Waals surface area contributed by atoms with E-state index in [9.17, 15) is 38.7 Å². The number of aliphatic hydroxyl groups excluding tert-OH is 1. The number of aliphatic hydroxyl groups is 1. The number of hydrogen-bond acceptors (Lipinski definition) is 11. The Kier molecular flexibility index (Phi) is 13.4.